The van der Waals surface area contributed by atoms with Gasteiger partial charge in [0.15, 0.2) is 0 Å². The van der Waals surface area contributed by atoms with E-state index in [-0.39, 0.29) is 22.8 Å². The van der Waals surface area contributed by atoms with Gasteiger partial charge < -0.3 is 14.4 Å². The Balaban J connectivity index is 1.25. The molecule has 2 aromatic rings. The van der Waals surface area contributed by atoms with Crippen molar-refractivity contribution >= 4 is 5.91 Å². The maximum atomic E-state index is 13.6. The van der Waals surface area contributed by atoms with Gasteiger partial charge in [-0.2, -0.15) is 0 Å². The van der Waals surface area contributed by atoms with Crippen LogP contribution < -0.4 is 5.63 Å². The van der Waals surface area contributed by atoms with E-state index < -0.39 is 5.63 Å². The van der Waals surface area contributed by atoms with E-state index in [1.165, 1.54) is 49.1 Å². The molecule has 1 aromatic heterocycles. The number of rotatable bonds is 2. The van der Waals surface area contributed by atoms with E-state index in [1.54, 1.807) is 6.07 Å². The average molecular weight is 473 g/mol. The van der Waals surface area contributed by atoms with Crippen LogP contribution in [0.2, 0.25) is 0 Å². The van der Waals surface area contributed by atoms with Gasteiger partial charge in [-0.25, -0.2) is 4.79 Å². The highest BCUT2D eigenvalue weighted by Crippen LogP contribution is 2.75. The van der Waals surface area contributed by atoms with Crippen LogP contribution in [-0.4, -0.2) is 52.0 Å². The third kappa shape index (κ3) is 2.40. The molecule has 0 radical (unpaired) electrons. The van der Waals surface area contributed by atoms with Gasteiger partial charge in [-0.15, -0.1) is 0 Å². The maximum Gasteiger partial charge on any atom is 0.335 e. The minimum atomic E-state index is -0.427. The van der Waals surface area contributed by atoms with Crippen molar-refractivity contribution < 1.29 is 14.3 Å². The van der Waals surface area contributed by atoms with Crippen LogP contribution in [-0.2, 0) is 11.8 Å². The molecule has 3 heterocycles. The van der Waals surface area contributed by atoms with Crippen LogP contribution in [0, 0.1) is 17.3 Å². The third-order valence-electron chi connectivity index (χ3n) is 11.3. The molecule has 1 amide bonds. The standard InChI is InChI=1S/C29H32N2O4/c32-21-6-4-17-12-24-28-9-8-23-26(29(28,22(17)13-21)10-11-30(24)20-2-1-3-20)19(14-28)15-31(23)27(34)18-5-7-25(33)35-16-18/h4-7,13,16,19-20,23-24,26,32H,1-3,8-12,14-15H2/t19-,23?,24?,26?,28?,29?/m1/s1. The van der Waals surface area contributed by atoms with Crippen molar-refractivity contribution in [2.45, 2.75) is 74.9 Å². The van der Waals surface area contributed by atoms with Gasteiger partial charge in [0.2, 0.25) is 0 Å². The number of piperidine rings is 1. The molecule has 6 aliphatic rings. The molecule has 0 spiro atoms. The van der Waals surface area contributed by atoms with Gasteiger partial charge in [-0.3, -0.25) is 9.69 Å². The van der Waals surface area contributed by atoms with Crippen molar-refractivity contribution in [3.63, 3.8) is 0 Å². The molecule has 5 fully saturated rings. The lowest BCUT2D eigenvalue weighted by Gasteiger charge is -2.68. The lowest BCUT2D eigenvalue weighted by atomic mass is 9.43. The summed E-state index contributed by atoms with van der Waals surface area (Å²) >= 11 is 0. The quantitative estimate of drug-likeness (QED) is 0.722. The van der Waals surface area contributed by atoms with E-state index in [0.717, 1.165) is 44.8 Å². The summed E-state index contributed by atoms with van der Waals surface area (Å²) in [5.41, 5.74) is 3.14. The molecule has 4 bridgehead atoms. The summed E-state index contributed by atoms with van der Waals surface area (Å²) in [5, 5.41) is 10.6. The van der Waals surface area contributed by atoms with E-state index in [1.807, 2.05) is 6.07 Å². The summed E-state index contributed by atoms with van der Waals surface area (Å²) in [6, 6.07) is 10.6. The van der Waals surface area contributed by atoms with Gasteiger partial charge in [-0.1, -0.05) is 12.5 Å². The zero-order valence-corrected chi connectivity index (χ0v) is 20.0. The fourth-order valence-electron chi connectivity index (χ4n) is 10.1. The van der Waals surface area contributed by atoms with Gasteiger partial charge in [0, 0.05) is 36.2 Å². The highest BCUT2D eigenvalue weighted by molar-refractivity contribution is 5.94. The number of fused-ring (bicyclic) bond motifs is 1. The first-order valence-electron chi connectivity index (χ1n) is 13.5. The highest BCUT2D eigenvalue weighted by Gasteiger charge is 2.76. The van der Waals surface area contributed by atoms with E-state index in [4.69, 9.17) is 4.42 Å². The number of hydrogen-bond donors (Lipinski definition) is 1. The Hall–Kier alpha value is -2.60. The van der Waals surface area contributed by atoms with Crippen LogP contribution in [0.1, 0.15) is 66.4 Å². The number of hydrogen-bond acceptors (Lipinski definition) is 5. The van der Waals surface area contributed by atoms with Crippen LogP contribution in [0.15, 0.2) is 45.8 Å². The average Bonchev–Trinajstić information content (AvgIpc) is 3.26. The lowest BCUT2D eigenvalue weighted by Crippen LogP contribution is -2.71. The molecule has 2 saturated heterocycles. The molecule has 3 saturated carbocycles. The Morgan fingerprint density at radius 2 is 2.00 bits per heavy atom. The van der Waals surface area contributed by atoms with E-state index in [9.17, 15) is 14.7 Å². The summed E-state index contributed by atoms with van der Waals surface area (Å²) in [5.74, 6) is 1.28. The smallest absolute Gasteiger partial charge is 0.335 e. The topological polar surface area (TPSA) is 74.0 Å². The van der Waals surface area contributed by atoms with E-state index in [0.29, 0.717) is 29.2 Å². The lowest BCUT2D eigenvalue weighted by molar-refractivity contribution is -0.122. The van der Waals surface area contributed by atoms with Crippen LogP contribution in [0.5, 0.6) is 5.75 Å². The second kappa shape index (κ2) is 6.78. The Morgan fingerprint density at radius 1 is 1.11 bits per heavy atom. The number of aromatic hydroxyl groups is 1. The minimum Gasteiger partial charge on any atom is -0.508 e. The van der Waals surface area contributed by atoms with Crippen molar-refractivity contribution in [3.05, 3.63) is 63.7 Å². The number of nitrogens with zero attached hydrogens (tertiary/aromatic N) is 2. The third-order valence-corrected chi connectivity index (χ3v) is 11.3. The van der Waals surface area contributed by atoms with Crippen molar-refractivity contribution in [1.29, 1.82) is 0 Å². The second-order valence-electron chi connectivity index (χ2n) is 12.2. The number of carbonyl (C=O) groups excluding carboxylic acids is 1. The van der Waals surface area contributed by atoms with Crippen LogP contribution in [0.4, 0.5) is 0 Å². The zero-order chi connectivity index (χ0) is 23.5. The summed E-state index contributed by atoms with van der Waals surface area (Å²) in [4.78, 5) is 30.1. The number of amides is 1. The van der Waals surface area contributed by atoms with Gasteiger partial charge in [0.25, 0.3) is 5.91 Å². The molecule has 35 heavy (non-hydrogen) atoms. The van der Waals surface area contributed by atoms with Gasteiger partial charge >= 0.3 is 5.63 Å². The normalized spacial score (nSPS) is 39.1. The first kappa shape index (κ1) is 20.6. The Bertz CT molecular complexity index is 1280. The summed E-state index contributed by atoms with van der Waals surface area (Å²) < 4.78 is 5.03. The largest absolute Gasteiger partial charge is 0.508 e. The number of benzene rings is 1. The number of carbonyl (C=O) groups is 1. The molecule has 8 rings (SSSR count). The monoisotopic (exact) mass is 472 g/mol. The van der Waals surface area contributed by atoms with Crippen LogP contribution in [0.25, 0.3) is 0 Å². The summed E-state index contributed by atoms with van der Waals surface area (Å²) in [6.07, 6.45) is 11.0. The first-order valence-corrected chi connectivity index (χ1v) is 13.5. The SMILES string of the molecule is O=C(c1ccc(=O)oc1)N1C[C@H]2CC34CCC1C2C31CCN(C2CCC2)C4Cc2ccc(O)cc21. The molecule has 2 aliphatic heterocycles. The van der Waals surface area contributed by atoms with Crippen molar-refractivity contribution in [3.8, 4) is 5.75 Å². The van der Waals surface area contributed by atoms with Crippen molar-refractivity contribution in [1.82, 2.24) is 9.80 Å². The van der Waals surface area contributed by atoms with Crippen molar-refractivity contribution in [2.75, 3.05) is 13.1 Å². The Morgan fingerprint density at radius 3 is 2.77 bits per heavy atom. The molecule has 6 nitrogen and oxygen atoms in total. The van der Waals surface area contributed by atoms with E-state index in [2.05, 4.69) is 21.9 Å². The van der Waals surface area contributed by atoms with Gasteiger partial charge in [0.1, 0.15) is 12.0 Å². The first-order chi connectivity index (χ1) is 17.0. The fraction of sp³-hybridized carbons (Fsp3) is 0.586. The summed E-state index contributed by atoms with van der Waals surface area (Å²) in [7, 11) is 0. The summed E-state index contributed by atoms with van der Waals surface area (Å²) in [6.45, 7) is 1.93. The zero-order valence-electron chi connectivity index (χ0n) is 20.0. The molecule has 6 atom stereocenters. The highest BCUT2D eigenvalue weighted by atomic mass is 16.4. The Kier molecular flexibility index (Phi) is 3.99. The second-order valence-corrected chi connectivity index (χ2v) is 12.2. The predicted octanol–water partition coefficient (Wildman–Crippen LogP) is 3.71. The number of phenolic OH excluding ortho intramolecular Hbond substituents is 1. The van der Waals surface area contributed by atoms with E-state index >= 15 is 0 Å². The molecule has 1 aromatic carbocycles. The molecular weight excluding hydrogens is 440 g/mol. The van der Waals surface area contributed by atoms with Crippen LogP contribution in [0.3, 0.4) is 0 Å². The van der Waals surface area contributed by atoms with Gasteiger partial charge in [0.05, 0.1) is 5.56 Å². The molecule has 5 unspecified atom stereocenters. The predicted molar refractivity (Wildman–Crippen MR) is 129 cm³/mol. The molecule has 4 aliphatic carbocycles. The fourth-order valence-corrected chi connectivity index (χ4v) is 10.1. The molecule has 1 N–H and O–H groups in total. The minimum absolute atomic E-state index is 0.00699. The molecule has 6 heteroatoms. The maximum absolute atomic E-state index is 13.6. The molecular formula is C29H32N2O4. The molecule has 182 valence electrons. The van der Waals surface area contributed by atoms with Gasteiger partial charge in [-0.05, 0) is 98.1 Å². The number of phenols is 1. The number of likely N-dealkylation sites (tertiary alicyclic amines) is 2. The van der Waals surface area contributed by atoms with Crippen molar-refractivity contribution in [2.24, 2.45) is 17.3 Å². The van der Waals surface area contributed by atoms with Crippen LogP contribution >= 0.6 is 0 Å². The Labute approximate surface area is 204 Å².